The highest BCUT2D eigenvalue weighted by atomic mass is 16.5. The summed E-state index contributed by atoms with van der Waals surface area (Å²) < 4.78 is 5.06. The summed E-state index contributed by atoms with van der Waals surface area (Å²) >= 11 is 0. The molecule has 0 spiro atoms. The van der Waals surface area contributed by atoms with Gasteiger partial charge >= 0.3 is 0 Å². The Morgan fingerprint density at radius 3 is 2.38 bits per heavy atom. The molecular formula is C11H17NO4. The van der Waals surface area contributed by atoms with Crippen LogP contribution < -0.4 is 5.73 Å². The molecule has 0 aromatic rings. The zero-order valence-corrected chi connectivity index (χ0v) is 9.90. The number of aliphatic hydroxyl groups is 1. The third-order valence-corrected chi connectivity index (χ3v) is 3.45. The summed E-state index contributed by atoms with van der Waals surface area (Å²) in [4.78, 5) is 23.2. The smallest absolute Gasteiger partial charge is 0.255 e. The Morgan fingerprint density at radius 1 is 1.50 bits per heavy atom. The maximum atomic E-state index is 11.9. The fourth-order valence-electron chi connectivity index (χ4n) is 2.03. The van der Waals surface area contributed by atoms with Crippen molar-refractivity contribution in [1.29, 1.82) is 0 Å². The average Bonchev–Trinajstić information content (AvgIpc) is 2.20. The number of methoxy groups -OCH3 is 1. The fraction of sp³-hybridized carbons (Fsp3) is 0.636. The van der Waals surface area contributed by atoms with Crippen molar-refractivity contribution >= 4 is 11.7 Å². The Labute approximate surface area is 94.3 Å². The van der Waals surface area contributed by atoms with Crippen LogP contribution in [0.2, 0.25) is 0 Å². The molecule has 0 saturated carbocycles. The molecule has 0 aromatic heterocycles. The van der Waals surface area contributed by atoms with Crippen LogP contribution in [-0.2, 0) is 14.3 Å². The maximum Gasteiger partial charge on any atom is 0.255 e. The van der Waals surface area contributed by atoms with E-state index >= 15 is 0 Å². The van der Waals surface area contributed by atoms with Crippen LogP contribution >= 0.6 is 0 Å². The predicted octanol–water partition coefficient (Wildman–Crippen LogP) is -0.0219. The van der Waals surface area contributed by atoms with E-state index in [1.165, 1.54) is 14.0 Å². The van der Waals surface area contributed by atoms with E-state index in [-0.39, 0.29) is 23.2 Å². The van der Waals surface area contributed by atoms with Gasteiger partial charge in [0.2, 0.25) is 5.78 Å². The molecule has 1 rings (SSSR count). The highest BCUT2D eigenvalue weighted by molar-refractivity contribution is 6.22. The summed E-state index contributed by atoms with van der Waals surface area (Å²) in [7, 11) is 1.38. The first-order chi connectivity index (χ1) is 7.25. The molecule has 1 amide bonds. The topological polar surface area (TPSA) is 89.6 Å². The molecule has 5 heteroatoms. The van der Waals surface area contributed by atoms with Crippen molar-refractivity contribution in [3.8, 4) is 0 Å². The number of ether oxygens (including phenoxy) is 1. The van der Waals surface area contributed by atoms with Gasteiger partial charge in [-0.25, -0.2) is 0 Å². The van der Waals surface area contributed by atoms with Crippen molar-refractivity contribution in [3.05, 3.63) is 11.3 Å². The lowest BCUT2D eigenvalue weighted by molar-refractivity contribution is -0.142. The number of carbonyl (C=O) groups is 2. The van der Waals surface area contributed by atoms with Crippen LogP contribution in [0.25, 0.3) is 0 Å². The summed E-state index contributed by atoms with van der Waals surface area (Å²) in [5.74, 6) is -1.84. The van der Waals surface area contributed by atoms with Gasteiger partial charge in [-0.1, -0.05) is 13.8 Å². The lowest BCUT2D eigenvalue weighted by Crippen LogP contribution is -2.51. The predicted molar refractivity (Wildman–Crippen MR) is 57.2 cm³/mol. The molecule has 1 aliphatic rings. The first-order valence-corrected chi connectivity index (χ1v) is 5.10. The van der Waals surface area contributed by atoms with Crippen LogP contribution in [0, 0.1) is 11.8 Å². The largest absolute Gasteiger partial charge is 0.500 e. The van der Waals surface area contributed by atoms with Crippen molar-refractivity contribution in [2.45, 2.75) is 26.4 Å². The molecule has 0 aromatic carbocycles. The van der Waals surface area contributed by atoms with Crippen LogP contribution in [0.5, 0.6) is 0 Å². The minimum Gasteiger partial charge on any atom is -0.500 e. The number of nitrogens with two attached hydrogens (primary N) is 1. The number of amides is 1. The Morgan fingerprint density at radius 2 is 2.00 bits per heavy atom. The molecule has 5 nitrogen and oxygen atoms in total. The van der Waals surface area contributed by atoms with Crippen LogP contribution in [0.15, 0.2) is 11.3 Å². The van der Waals surface area contributed by atoms with Crippen molar-refractivity contribution in [2.24, 2.45) is 17.6 Å². The number of Topliss-reactive ketones (excluding diaryl/α,β-unsaturated/α-hetero) is 1. The molecule has 0 heterocycles. The van der Waals surface area contributed by atoms with E-state index in [1.54, 1.807) is 13.8 Å². The molecule has 0 fully saturated rings. The van der Waals surface area contributed by atoms with Crippen molar-refractivity contribution < 1.29 is 19.4 Å². The molecular weight excluding hydrogens is 210 g/mol. The standard InChI is InChI=1S/C11H17NO4/c1-5-6(2)11(3,15)9(13)7(10(12)14)8(5)16-4/h5-6,15H,1-4H3,(H2,12,14). The first-order valence-electron chi connectivity index (χ1n) is 5.10. The monoisotopic (exact) mass is 227 g/mol. The Balaban J connectivity index is 3.42. The highest BCUT2D eigenvalue weighted by Crippen LogP contribution is 2.38. The third kappa shape index (κ3) is 1.61. The summed E-state index contributed by atoms with van der Waals surface area (Å²) in [6.07, 6.45) is 0. The van der Waals surface area contributed by atoms with E-state index < -0.39 is 17.3 Å². The second kappa shape index (κ2) is 3.90. The van der Waals surface area contributed by atoms with Gasteiger partial charge in [0.25, 0.3) is 5.91 Å². The van der Waals surface area contributed by atoms with Crippen LogP contribution in [0.4, 0.5) is 0 Å². The number of hydrogen-bond acceptors (Lipinski definition) is 4. The lowest BCUT2D eigenvalue weighted by atomic mass is 9.70. The normalized spacial score (nSPS) is 35.2. The first kappa shape index (κ1) is 12.7. The second-order valence-corrected chi connectivity index (χ2v) is 4.36. The summed E-state index contributed by atoms with van der Waals surface area (Å²) in [5.41, 5.74) is 3.34. The minimum atomic E-state index is -1.58. The van der Waals surface area contributed by atoms with Gasteiger partial charge in [-0.05, 0) is 6.92 Å². The van der Waals surface area contributed by atoms with Crippen LogP contribution in [0.1, 0.15) is 20.8 Å². The quantitative estimate of drug-likeness (QED) is 0.649. The highest BCUT2D eigenvalue weighted by Gasteiger charge is 2.49. The van der Waals surface area contributed by atoms with Gasteiger partial charge in [0.05, 0.1) is 7.11 Å². The summed E-state index contributed by atoms with van der Waals surface area (Å²) in [5, 5.41) is 10.1. The van der Waals surface area contributed by atoms with E-state index in [0.717, 1.165) is 0 Å². The number of allylic oxidation sites excluding steroid dienone is 1. The molecule has 0 radical (unpaired) electrons. The van der Waals surface area contributed by atoms with Gasteiger partial charge in [0, 0.05) is 11.8 Å². The van der Waals surface area contributed by atoms with Gasteiger partial charge in [0.15, 0.2) is 0 Å². The van der Waals surface area contributed by atoms with Gasteiger partial charge in [0.1, 0.15) is 16.9 Å². The number of primary amides is 1. The molecule has 90 valence electrons. The Hall–Kier alpha value is -1.36. The lowest BCUT2D eigenvalue weighted by Gasteiger charge is -2.38. The Bertz CT molecular complexity index is 370. The van der Waals surface area contributed by atoms with E-state index in [0.29, 0.717) is 0 Å². The van der Waals surface area contributed by atoms with Gasteiger partial charge in [-0.15, -0.1) is 0 Å². The van der Waals surface area contributed by atoms with Crippen molar-refractivity contribution in [3.63, 3.8) is 0 Å². The molecule has 0 saturated heterocycles. The Kier molecular flexibility index (Phi) is 3.10. The molecule has 3 atom stereocenters. The molecule has 16 heavy (non-hydrogen) atoms. The van der Waals surface area contributed by atoms with Gasteiger partial charge in [-0.3, -0.25) is 9.59 Å². The van der Waals surface area contributed by atoms with E-state index in [4.69, 9.17) is 10.5 Å². The number of rotatable bonds is 2. The number of ketones is 1. The van der Waals surface area contributed by atoms with Crippen molar-refractivity contribution in [1.82, 2.24) is 0 Å². The molecule has 0 bridgehead atoms. The second-order valence-electron chi connectivity index (χ2n) is 4.36. The van der Waals surface area contributed by atoms with Gasteiger partial charge in [-0.2, -0.15) is 0 Å². The SMILES string of the molecule is COC1=C(C(N)=O)C(=O)C(C)(O)C(C)C1C. The van der Waals surface area contributed by atoms with E-state index in [2.05, 4.69) is 0 Å². The fourth-order valence-corrected chi connectivity index (χ4v) is 2.03. The summed E-state index contributed by atoms with van der Waals surface area (Å²) in [6.45, 7) is 4.92. The third-order valence-electron chi connectivity index (χ3n) is 3.45. The van der Waals surface area contributed by atoms with Crippen LogP contribution in [0.3, 0.4) is 0 Å². The zero-order chi connectivity index (χ0) is 12.7. The maximum absolute atomic E-state index is 11.9. The molecule has 3 unspecified atom stereocenters. The molecule has 0 aliphatic heterocycles. The number of hydrogen-bond donors (Lipinski definition) is 2. The van der Waals surface area contributed by atoms with Crippen molar-refractivity contribution in [2.75, 3.05) is 7.11 Å². The number of carbonyl (C=O) groups excluding carboxylic acids is 2. The summed E-state index contributed by atoms with van der Waals surface area (Å²) in [6, 6.07) is 0. The minimum absolute atomic E-state index is 0.224. The zero-order valence-electron chi connectivity index (χ0n) is 9.90. The molecule has 3 N–H and O–H groups in total. The van der Waals surface area contributed by atoms with Crippen LogP contribution in [-0.4, -0.2) is 29.5 Å². The average molecular weight is 227 g/mol. The van der Waals surface area contributed by atoms with E-state index in [9.17, 15) is 14.7 Å². The van der Waals surface area contributed by atoms with E-state index in [1.807, 2.05) is 0 Å². The van der Waals surface area contributed by atoms with Gasteiger partial charge < -0.3 is 15.6 Å². The molecule has 1 aliphatic carbocycles.